The predicted octanol–water partition coefficient (Wildman–Crippen LogP) is 1.54. The van der Waals surface area contributed by atoms with Gasteiger partial charge in [-0.25, -0.2) is 0 Å². The maximum atomic E-state index is 11.9. The number of carbonyl (C=O) groups is 2. The monoisotopic (exact) mass is 322 g/mol. The molecule has 2 rings (SSSR count). The Labute approximate surface area is 132 Å². The molecule has 118 valence electrons. The third-order valence-electron chi connectivity index (χ3n) is 3.12. The number of thiophene rings is 1. The molecule has 0 aliphatic carbocycles. The van der Waals surface area contributed by atoms with Gasteiger partial charge in [0.1, 0.15) is 11.5 Å². The van der Waals surface area contributed by atoms with Crippen molar-refractivity contribution in [3.8, 4) is 0 Å². The summed E-state index contributed by atoms with van der Waals surface area (Å²) >= 11 is 1.48. The number of rotatable bonds is 6. The smallest absolute Gasteiger partial charge is 0.255 e. The highest BCUT2D eigenvalue weighted by Crippen LogP contribution is 2.15. The second-order valence-electron chi connectivity index (χ2n) is 4.89. The molecule has 2 aromatic heterocycles. The van der Waals surface area contributed by atoms with Crippen molar-refractivity contribution in [1.82, 2.24) is 10.6 Å². The van der Waals surface area contributed by atoms with Gasteiger partial charge in [0.05, 0.1) is 18.2 Å². The highest BCUT2D eigenvalue weighted by Gasteiger charge is 2.15. The standard InChI is InChI=1S/C15H18N2O4S/c1-9-5-12(10(2)21-9)15(20)17-7-14(19)16-6-13(18)11-3-4-22-8-11/h3-5,8,13,18H,6-7H2,1-2H3,(H,16,19)(H,17,20). The number of amides is 2. The lowest BCUT2D eigenvalue weighted by molar-refractivity contribution is -0.120. The molecule has 2 aromatic rings. The topological polar surface area (TPSA) is 91.6 Å². The van der Waals surface area contributed by atoms with Crippen LogP contribution in [-0.2, 0) is 4.79 Å². The summed E-state index contributed by atoms with van der Waals surface area (Å²) in [5, 5.41) is 18.6. The number of nitrogens with one attached hydrogen (secondary N) is 2. The van der Waals surface area contributed by atoms with E-state index in [4.69, 9.17) is 4.42 Å². The molecule has 0 aromatic carbocycles. The zero-order valence-electron chi connectivity index (χ0n) is 12.4. The van der Waals surface area contributed by atoms with Gasteiger partial charge < -0.3 is 20.2 Å². The maximum Gasteiger partial charge on any atom is 0.255 e. The number of aliphatic hydroxyl groups is 1. The molecule has 2 heterocycles. The Balaban J connectivity index is 1.76. The van der Waals surface area contributed by atoms with Crippen LogP contribution in [0.4, 0.5) is 0 Å². The third kappa shape index (κ3) is 4.19. The summed E-state index contributed by atoms with van der Waals surface area (Å²) in [4.78, 5) is 23.6. The van der Waals surface area contributed by atoms with E-state index >= 15 is 0 Å². The summed E-state index contributed by atoms with van der Waals surface area (Å²) in [7, 11) is 0. The van der Waals surface area contributed by atoms with Gasteiger partial charge >= 0.3 is 0 Å². The molecule has 7 heteroatoms. The average Bonchev–Trinajstić information content (AvgIpc) is 3.11. The second kappa shape index (κ2) is 7.24. The minimum atomic E-state index is -0.746. The molecule has 0 saturated carbocycles. The van der Waals surface area contributed by atoms with Crippen LogP contribution < -0.4 is 10.6 Å². The molecule has 0 bridgehead atoms. The van der Waals surface area contributed by atoms with Gasteiger partial charge in [0.25, 0.3) is 5.91 Å². The van der Waals surface area contributed by atoms with Gasteiger partial charge in [-0.2, -0.15) is 11.3 Å². The molecule has 0 aliphatic heterocycles. The van der Waals surface area contributed by atoms with E-state index in [-0.39, 0.29) is 24.9 Å². The molecule has 22 heavy (non-hydrogen) atoms. The fraction of sp³-hybridized carbons (Fsp3) is 0.333. The number of carbonyl (C=O) groups excluding carboxylic acids is 2. The highest BCUT2D eigenvalue weighted by molar-refractivity contribution is 7.07. The Kier molecular flexibility index (Phi) is 5.35. The molecule has 0 fully saturated rings. The van der Waals surface area contributed by atoms with Crippen molar-refractivity contribution in [2.24, 2.45) is 0 Å². The lowest BCUT2D eigenvalue weighted by atomic mass is 10.2. The van der Waals surface area contributed by atoms with Crippen molar-refractivity contribution >= 4 is 23.2 Å². The van der Waals surface area contributed by atoms with E-state index in [9.17, 15) is 14.7 Å². The molecule has 0 saturated heterocycles. The largest absolute Gasteiger partial charge is 0.466 e. The van der Waals surface area contributed by atoms with Crippen LogP contribution in [0.3, 0.4) is 0 Å². The van der Waals surface area contributed by atoms with Gasteiger partial charge in [0, 0.05) is 6.54 Å². The van der Waals surface area contributed by atoms with Crippen molar-refractivity contribution < 1.29 is 19.1 Å². The third-order valence-corrected chi connectivity index (χ3v) is 3.82. The highest BCUT2D eigenvalue weighted by atomic mass is 32.1. The summed E-state index contributed by atoms with van der Waals surface area (Å²) in [6.07, 6.45) is -0.746. The Morgan fingerprint density at radius 2 is 2.14 bits per heavy atom. The summed E-state index contributed by atoms with van der Waals surface area (Å²) in [5.74, 6) is 0.442. The van der Waals surface area contributed by atoms with Crippen molar-refractivity contribution in [2.45, 2.75) is 20.0 Å². The van der Waals surface area contributed by atoms with Crippen LogP contribution in [0.5, 0.6) is 0 Å². The van der Waals surface area contributed by atoms with Crippen molar-refractivity contribution in [1.29, 1.82) is 0 Å². The summed E-state index contributed by atoms with van der Waals surface area (Å²) in [6, 6.07) is 3.43. The molecule has 2 amide bonds. The quantitative estimate of drug-likeness (QED) is 0.752. The zero-order valence-corrected chi connectivity index (χ0v) is 13.2. The van der Waals surface area contributed by atoms with Crippen molar-refractivity contribution in [3.05, 3.63) is 45.5 Å². The van der Waals surface area contributed by atoms with Crippen molar-refractivity contribution in [2.75, 3.05) is 13.1 Å². The molecule has 1 unspecified atom stereocenters. The van der Waals surface area contributed by atoms with Gasteiger partial charge in [0.15, 0.2) is 0 Å². The Morgan fingerprint density at radius 1 is 1.36 bits per heavy atom. The first-order valence-electron chi connectivity index (χ1n) is 6.79. The van der Waals surface area contributed by atoms with E-state index < -0.39 is 6.10 Å². The number of furan rings is 1. The molecule has 0 aliphatic rings. The first-order chi connectivity index (χ1) is 10.5. The predicted molar refractivity (Wildman–Crippen MR) is 82.8 cm³/mol. The van der Waals surface area contributed by atoms with Crippen molar-refractivity contribution in [3.63, 3.8) is 0 Å². The Hall–Kier alpha value is -2.12. The Morgan fingerprint density at radius 3 is 2.73 bits per heavy atom. The number of aliphatic hydroxyl groups excluding tert-OH is 1. The molecular weight excluding hydrogens is 304 g/mol. The van der Waals surface area contributed by atoms with E-state index in [1.165, 1.54) is 11.3 Å². The van der Waals surface area contributed by atoms with E-state index in [0.29, 0.717) is 17.1 Å². The molecule has 6 nitrogen and oxygen atoms in total. The first-order valence-corrected chi connectivity index (χ1v) is 7.73. The minimum Gasteiger partial charge on any atom is -0.466 e. The minimum absolute atomic E-state index is 0.106. The first kappa shape index (κ1) is 16.3. The lowest BCUT2D eigenvalue weighted by Crippen LogP contribution is -2.38. The van der Waals surface area contributed by atoms with Gasteiger partial charge in [-0.3, -0.25) is 9.59 Å². The van der Waals surface area contributed by atoms with Crippen LogP contribution >= 0.6 is 11.3 Å². The molecule has 0 radical (unpaired) electrons. The fourth-order valence-corrected chi connectivity index (χ4v) is 2.67. The van der Waals surface area contributed by atoms with Crippen LogP contribution in [0, 0.1) is 13.8 Å². The zero-order chi connectivity index (χ0) is 16.1. The molecule has 0 spiro atoms. The molecule has 1 atom stereocenters. The molecular formula is C15H18N2O4S. The van der Waals surface area contributed by atoms with Gasteiger partial charge in [-0.05, 0) is 42.3 Å². The number of aryl methyl sites for hydroxylation is 2. The normalized spacial score (nSPS) is 12.0. The number of hydrogen-bond acceptors (Lipinski definition) is 5. The van der Waals surface area contributed by atoms with Crippen LogP contribution in [-0.4, -0.2) is 30.0 Å². The lowest BCUT2D eigenvalue weighted by Gasteiger charge is -2.11. The average molecular weight is 322 g/mol. The van der Waals surface area contributed by atoms with Gasteiger partial charge in [-0.15, -0.1) is 0 Å². The van der Waals surface area contributed by atoms with Crippen LogP contribution in [0.2, 0.25) is 0 Å². The van der Waals surface area contributed by atoms with Gasteiger partial charge in [-0.1, -0.05) is 0 Å². The summed E-state index contributed by atoms with van der Waals surface area (Å²) in [5.41, 5.74) is 1.18. The van der Waals surface area contributed by atoms with E-state index in [1.807, 2.05) is 10.8 Å². The van der Waals surface area contributed by atoms with Crippen LogP contribution in [0.15, 0.2) is 27.3 Å². The fourth-order valence-electron chi connectivity index (χ4n) is 1.97. The molecule has 3 N–H and O–H groups in total. The van der Waals surface area contributed by atoms with Crippen LogP contribution in [0.25, 0.3) is 0 Å². The number of hydrogen-bond donors (Lipinski definition) is 3. The summed E-state index contributed by atoms with van der Waals surface area (Å²) in [6.45, 7) is 3.40. The van der Waals surface area contributed by atoms with Gasteiger partial charge in [0.2, 0.25) is 5.91 Å². The SMILES string of the molecule is Cc1cc(C(=O)NCC(=O)NCC(O)c2ccsc2)c(C)o1. The Bertz CT molecular complexity index is 649. The van der Waals surface area contributed by atoms with E-state index in [2.05, 4.69) is 10.6 Å². The van der Waals surface area contributed by atoms with Crippen LogP contribution in [0.1, 0.15) is 33.5 Å². The van der Waals surface area contributed by atoms with E-state index in [0.717, 1.165) is 5.56 Å². The maximum absolute atomic E-state index is 11.9. The van der Waals surface area contributed by atoms with E-state index in [1.54, 1.807) is 26.0 Å². The summed E-state index contributed by atoms with van der Waals surface area (Å²) < 4.78 is 5.27. The second-order valence-corrected chi connectivity index (χ2v) is 5.67.